The maximum atomic E-state index is 11.3. The molecule has 0 amide bonds. The molecule has 140 valence electrons. The van der Waals surface area contributed by atoms with E-state index in [0.717, 1.165) is 28.9 Å². The molecule has 0 N–H and O–H groups in total. The molecule has 1 heterocycles. The lowest BCUT2D eigenvalue weighted by atomic mass is 9.87. The van der Waals surface area contributed by atoms with Gasteiger partial charge in [-0.25, -0.2) is 0 Å². The molecule has 3 nitrogen and oxygen atoms in total. The zero-order valence-corrected chi connectivity index (χ0v) is 16.5. The van der Waals surface area contributed by atoms with Gasteiger partial charge in [0, 0.05) is 24.0 Å². The number of esters is 1. The van der Waals surface area contributed by atoms with Gasteiger partial charge >= 0.3 is 5.97 Å². The summed E-state index contributed by atoms with van der Waals surface area (Å²) in [5.41, 5.74) is 4.60. The van der Waals surface area contributed by atoms with Crippen molar-refractivity contribution in [3.05, 3.63) is 64.7 Å². The third-order valence-electron chi connectivity index (χ3n) is 4.80. The smallest absolute Gasteiger partial charge is 0.305 e. The number of fused-ring (bicyclic) bond motifs is 1. The average Bonchev–Trinajstić information content (AvgIpc) is 3.06. The lowest BCUT2D eigenvalue weighted by molar-refractivity contribution is -0.141. The van der Waals surface area contributed by atoms with E-state index in [-0.39, 0.29) is 17.5 Å². The number of carbonyl (C=O) groups excluding carboxylic acids is 1. The summed E-state index contributed by atoms with van der Waals surface area (Å²) in [6, 6.07) is 14.5. The van der Waals surface area contributed by atoms with Crippen molar-refractivity contribution in [1.82, 2.24) is 0 Å². The Morgan fingerprint density at radius 3 is 2.44 bits per heavy atom. The molecule has 0 bridgehead atoms. The monoisotopic (exact) mass is 362 g/mol. The Labute approximate surface area is 161 Å². The van der Waals surface area contributed by atoms with Crippen LogP contribution in [0.15, 0.2) is 42.5 Å². The van der Waals surface area contributed by atoms with E-state index in [1.165, 1.54) is 12.7 Å². The second-order valence-electron chi connectivity index (χ2n) is 7.96. The van der Waals surface area contributed by atoms with Crippen LogP contribution in [0.3, 0.4) is 0 Å². The van der Waals surface area contributed by atoms with Gasteiger partial charge in [-0.3, -0.25) is 4.79 Å². The molecule has 3 heteroatoms. The number of carbonyl (C=O) groups is 1. The number of hydrogen-bond donors (Lipinski definition) is 0. The normalized spacial score (nSPS) is 15.3. The van der Waals surface area contributed by atoms with Gasteiger partial charge in [0.05, 0.1) is 7.11 Å². The fourth-order valence-corrected chi connectivity index (χ4v) is 3.14. The van der Waals surface area contributed by atoms with Crippen LogP contribution in [0.25, 0.3) is 0 Å². The van der Waals surface area contributed by atoms with Crippen molar-refractivity contribution in [2.45, 2.75) is 51.6 Å². The Kier molecular flexibility index (Phi) is 5.56. The lowest BCUT2D eigenvalue weighted by Gasteiger charge is -2.18. The first-order chi connectivity index (χ1) is 12.8. The van der Waals surface area contributed by atoms with Crippen molar-refractivity contribution in [3.8, 4) is 17.6 Å². The van der Waals surface area contributed by atoms with Crippen LogP contribution in [0.5, 0.6) is 5.75 Å². The number of rotatable bonds is 3. The van der Waals surface area contributed by atoms with Gasteiger partial charge in [0.15, 0.2) is 0 Å². The molecule has 1 aliphatic rings. The molecular weight excluding hydrogens is 336 g/mol. The van der Waals surface area contributed by atoms with Crippen LogP contribution >= 0.6 is 0 Å². The van der Waals surface area contributed by atoms with Gasteiger partial charge in [-0.1, -0.05) is 44.7 Å². The van der Waals surface area contributed by atoms with Crippen LogP contribution in [0.1, 0.15) is 55.9 Å². The molecule has 0 radical (unpaired) electrons. The summed E-state index contributed by atoms with van der Waals surface area (Å²) in [5, 5.41) is 0. The summed E-state index contributed by atoms with van der Waals surface area (Å²) in [7, 11) is 1.41. The Morgan fingerprint density at radius 2 is 1.78 bits per heavy atom. The van der Waals surface area contributed by atoms with Gasteiger partial charge < -0.3 is 9.47 Å². The fraction of sp³-hybridized carbons (Fsp3) is 0.375. The molecule has 2 aromatic rings. The zero-order valence-electron chi connectivity index (χ0n) is 16.5. The molecule has 0 aliphatic carbocycles. The highest BCUT2D eigenvalue weighted by Gasteiger charge is 2.23. The third kappa shape index (κ3) is 4.92. The van der Waals surface area contributed by atoms with Crippen LogP contribution in [0, 0.1) is 11.8 Å². The van der Waals surface area contributed by atoms with Crippen LogP contribution < -0.4 is 4.74 Å². The number of ether oxygens (including phenoxy) is 2. The fourth-order valence-electron chi connectivity index (χ4n) is 3.14. The summed E-state index contributed by atoms with van der Waals surface area (Å²) < 4.78 is 10.6. The first-order valence-electron chi connectivity index (χ1n) is 9.34. The van der Waals surface area contributed by atoms with E-state index in [1.54, 1.807) is 0 Å². The van der Waals surface area contributed by atoms with Crippen LogP contribution in [0.4, 0.5) is 0 Å². The summed E-state index contributed by atoms with van der Waals surface area (Å²) in [5.74, 6) is 7.18. The van der Waals surface area contributed by atoms with Crippen molar-refractivity contribution in [1.29, 1.82) is 0 Å². The quantitative estimate of drug-likeness (QED) is 0.589. The van der Waals surface area contributed by atoms with E-state index < -0.39 is 0 Å². The molecular formula is C24H26O3. The number of hydrogen-bond acceptors (Lipinski definition) is 3. The molecule has 3 rings (SSSR count). The first-order valence-corrected chi connectivity index (χ1v) is 9.34. The highest BCUT2D eigenvalue weighted by atomic mass is 16.5. The van der Waals surface area contributed by atoms with E-state index in [9.17, 15) is 4.79 Å². The Hall–Kier alpha value is -2.73. The Morgan fingerprint density at radius 1 is 1.11 bits per heavy atom. The van der Waals surface area contributed by atoms with E-state index >= 15 is 0 Å². The van der Waals surface area contributed by atoms with E-state index in [4.69, 9.17) is 9.47 Å². The maximum absolute atomic E-state index is 11.3. The molecule has 0 saturated carbocycles. The summed E-state index contributed by atoms with van der Waals surface area (Å²) in [6.45, 7) is 6.62. The standard InChI is InChI=1S/C24H26O3/c1-24(2,3)20-10-7-17(8-11-20)5-6-18-9-13-22-19(15-18)16-21(27-22)12-14-23(25)26-4/h7-11,13,15,21H,12,14,16H2,1-4H3/t21-/m0/s1. The molecule has 0 unspecified atom stereocenters. The van der Waals surface area contributed by atoms with Crippen molar-refractivity contribution < 1.29 is 14.3 Å². The summed E-state index contributed by atoms with van der Waals surface area (Å²) in [4.78, 5) is 11.3. The second kappa shape index (κ2) is 7.88. The lowest BCUT2D eigenvalue weighted by Crippen LogP contribution is -2.15. The Balaban J connectivity index is 1.66. The molecule has 0 spiro atoms. The predicted octanol–water partition coefficient (Wildman–Crippen LogP) is 4.64. The third-order valence-corrected chi connectivity index (χ3v) is 4.80. The van der Waals surface area contributed by atoms with Gasteiger partial charge in [0.2, 0.25) is 0 Å². The highest BCUT2D eigenvalue weighted by Crippen LogP contribution is 2.31. The topological polar surface area (TPSA) is 35.5 Å². The van der Waals surface area contributed by atoms with E-state index in [1.807, 2.05) is 12.1 Å². The minimum Gasteiger partial charge on any atom is -0.490 e. The van der Waals surface area contributed by atoms with E-state index in [2.05, 4.69) is 62.9 Å². The van der Waals surface area contributed by atoms with Crippen molar-refractivity contribution >= 4 is 5.97 Å². The molecule has 27 heavy (non-hydrogen) atoms. The molecule has 0 fully saturated rings. The SMILES string of the molecule is COC(=O)CC[C@H]1Cc2cc(C#Cc3ccc(C(C)(C)C)cc3)ccc2O1. The summed E-state index contributed by atoms with van der Waals surface area (Å²) in [6.07, 6.45) is 1.89. The van der Waals surface area contributed by atoms with Crippen LogP contribution in [-0.2, 0) is 21.4 Å². The Bertz CT molecular complexity index is 877. The van der Waals surface area contributed by atoms with Crippen molar-refractivity contribution in [3.63, 3.8) is 0 Å². The number of methoxy groups -OCH3 is 1. The molecule has 0 saturated heterocycles. The van der Waals surface area contributed by atoms with Gasteiger partial charge in [0.1, 0.15) is 11.9 Å². The van der Waals surface area contributed by atoms with Gasteiger partial charge in [0.25, 0.3) is 0 Å². The predicted molar refractivity (Wildman–Crippen MR) is 107 cm³/mol. The van der Waals surface area contributed by atoms with Crippen LogP contribution in [0.2, 0.25) is 0 Å². The van der Waals surface area contributed by atoms with Crippen molar-refractivity contribution in [2.75, 3.05) is 7.11 Å². The second-order valence-corrected chi connectivity index (χ2v) is 7.96. The van der Waals surface area contributed by atoms with Gasteiger partial charge in [-0.2, -0.15) is 0 Å². The number of benzene rings is 2. The maximum Gasteiger partial charge on any atom is 0.305 e. The molecule has 1 atom stereocenters. The van der Waals surface area contributed by atoms with Crippen molar-refractivity contribution in [2.24, 2.45) is 0 Å². The van der Waals surface area contributed by atoms with Gasteiger partial charge in [-0.15, -0.1) is 0 Å². The minimum atomic E-state index is -0.196. The van der Waals surface area contributed by atoms with Gasteiger partial charge in [-0.05, 0) is 53.3 Å². The zero-order chi connectivity index (χ0) is 19.4. The first kappa shape index (κ1) is 19.0. The van der Waals surface area contributed by atoms with E-state index in [0.29, 0.717) is 12.8 Å². The summed E-state index contributed by atoms with van der Waals surface area (Å²) >= 11 is 0. The van der Waals surface area contributed by atoms with Crippen LogP contribution in [-0.4, -0.2) is 19.2 Å². The largest absolute Gasteiger partial charge is 0.490 e. The molecule has 0 aromatic heterocycles. The average molecular weight is 362 g/mol. The highest BCUT2D eigenvalue weighted by molar-refractivity contribution is 5.69. The molecule has 1 aliphatic heterocycles. The molecule has 2 aromatic carbocycles. The minimum absolute atomic E-state index is 0.0345.